The number of aryl methyl sites for hydroxylation is 1. The van der Waals surface area contributed by atoms with Gasteiger partial charge in [-0.2, -0.15) is 5.26 Å². The molecule has 4 rings (SSSR count). The van der Waals surface area contributed by atoms with Gasteiger partial charge < -0.3 is 14.8 Å². The molecular weight excluding hydrogens is 326 g/mol. The summed E-state index contributed by atoms with van der Waals surface area (Å²) in [5, 5.41) is 12.9. The highest BCUT2D eigenvalue weighted by Gasteiger charge is 2.31. The van der Waals surface area contributed by atoms with Crippen molar-refractivity contribution in [2.45, 2.75) is 33.1 Å². The highest BCUT2D eigenvalue weighted by Crippen LogP contribution is 2.47. The van der Waals surface area contributed by atoms with Gasteiger partial charge in [0.2, 0.25) is 5.88 Å². The van der Waals surface area contributed by atoms with E-state index in [9.17, 15) is 5.26 Å². The number of hydrogen-bond acceptors (Lipinski definition) is 5. The Hall–Kier alpha value is -3.00. The molecule has 0 aliphatic carbocycles. The Balaban J connectivity index is 1.95. The molecule has 0 radical (unpaired) electrons. The second-order valence-electron chi connectivity index (χ2n) is 6.64. The van der Waals surface area contributed by atoms with Crippen LogP contribution in [-0.2, 0) is 6.42 Å². The summed E-state index contributed by atoms with van der Waals surface area (Å²) < 4.78 is 11.8. The van der Waals surface area contributed by atoms with Crippen LogP contribution in [0.4, 0.5) is 5.69 Å². The molecule has 2 aliphatic heterocycles. The van der Waals surface area contributed by atoms with Crippen molar-refractivity contribution in [1.29, 1.82) is 5.26 Å². The maximum absolute atomic E-state index is 9.40. The number of aromatic nitrogens is 1. The Labute approximate surface area is 153 Å². The van der Waals surface area contributed by atoms with Gasteiger partial charge in [-0.1, -0.05) is 12.1 Å². The summed E-state index contributed by atoms with van der Waals surface area (Å²) in [7, 11) is 0. The van der Waals surface area contributed by atoms with Gasteiger partial charge in [0.1, 0.15) is 5.75 Å². The second kappa shape index (κ2) is 6.38. The first kappa shape index (κ1) is 16.5. The van der Waals surface area contributed by atoms with E-state index in [-0.39, 0.29) is 5.92 Å². The van der Waals surface area contributed by atoms with Gasteiger partial charge in [0, 0.05) is 40.9 Å². The largest absolute Gasteiger partial charge is 0.493 e. The number of hydrogen-bond donors (Lipinski definition) is 1. The Morgan fingerprint density at radius 2 is 2.23 bits per heavy atom. The van der Waals surface area contributed by atoms with Crippen LogP contribution < -0.4 is 14.8 Å². The van der Waals surface area contributed by atoms with Crippen molar-refractivity contribution in [2.75, 3.05) is 18.5 Å². The van der Waals surface area contributed by atoms with Crippen LogP contribution in [0.25, 0.3) is 0 Å². The van der Waals surface area contributed by atoms with E-state index in [1.807, 2.05) is 32.2 Å². The number of nitriles is 1. The van der Waals surface area contributed by atoms with E-state index in [0.717, 1.165) is 45.8 Å². The fraction of sp³-hybridized carbons (Fsp3) is 0.333. The quantitative estimate of drug-likeness (QED) is 0.907. The van der Waals surface area contributed by atoms with E-state index in [1.165, 1.54) is 0 Å². The van der Waals surface area contributed by atoms with Gasteiger partial charge in [0.05, 0.1) is 30.5 Å². The van der Waals surface area contributed by atoms with Crippen LogP contribution in [0.15, 0.2) is 30.1 Å². The number of fused-ring (bicyclic) bond motifs is 2. The predicted octanol–water partition coefficient (Wildman–Crippen LogP) is 4.06. The third-order valence-electron chi connectivity index (χ3n) is 4.95. The lowest BCUT2D eigenvalue weighted by Gasteiger charge is -2.28. The molecule has 1 atom stereocenters. The molecule has 0 fully saturated rings. The second-order valence-corrected chi connectivity index (χ2v) is 6.64. The van der Waals surface area contributed by atoms with Crippen molar-refractivity contribution in [2.24, 2.45) is 0 Å². The van der Waals surface area contributed by atoms with Crippen molar-refractivity contribution in [1.82, 2.24) is 4.98 Å². The Kier molecular flexibility index (Phi) is 4.04. The van der Waals surface area contributed by atoms with Gasteiger partial charge in [-0.15, -0.1) is 0 Å². The number of nitrogens with one attached hydrogen (secondary N) is 1. The van der Waals surface area contributed by atoms with Crippen molar-refractivity contribution in [3.8, 4) is 17.7 Å². The molecule has 0 amide bonds. The lowest BCUT2D eigenvalue weighted by molar-refractivity contribution is 0.322. The molecule has 26 heavy (non-hydrogen) atoms. The van der Waals surface area contributed by atoms with Crippen molar-refractivity contribution in [3.05, 3.63) is 57.9 Å². The third-order valence-corrected chi connectivity index (χ3v) is 4.95. The van der Waals surface area contributed by atoms with Gasteiger partial charge >= 0.3 is 0 Å². The van der Waals surface area contributed by atoms with Crippen molar-refractivity contribution >= 4 is 5.69 Å². The van der Waals surface area contributed by atoms with Crippen LogP contribution in [0.3, 0.4) is 0 Å². The monoisotopic (exact) mass is 347 g/mol. The van der Waals surface area contributed by atoms with Crippen LogP contribution in [0, 0.1) is 18.3 Å². The molecule has 3 heterocycles. The highest BCUT2D eigenvalue weighted by atomic mass is 16.5. The van der Waals surface area contributed by atoms with E-state index in [0.29, 0.717) is 24.7 Å². The topological polar surface area (TPSA) is 67.2 Å². The van der Waals surface area contributed by atoms with E-state index in [2.05, 4.69) is 29.4 Å². The molecule has 5 heteroatoms. The zero-order valence-electron chi connectivity index (χ0n) is 15.2. The zero-order chi connectivity index (χ0) is 18.3. The lowest BCUT2D eigenvalue weighted by Crippen LogP contribution is -2.16. The first-order chi connectivity index (χ1) is 12.6. The predicted molar refractivity (Wildman–Crippen MR) is 99.7 cm³/mol. The molecule has 132 valence electrons. The summed E-state index contributed by atoms with van der Waals surface area (Å²) in [6.07, 6.45) is 4.79. The number of rotatable bonds is 3. The van der Waals surface area contributed by atoms with Gasteiger partial charge in [0.15, 0.2) is 0 Å². The summed E-state index contributed by atoms with van der Waals surface area (Å²) in [5.74, 6) is 1.46. The minimum Gasteiger partial charge on any atom is -0.493 e. The van der Waals surface area contributed by atoms with Crippen molar-refractivity contribution in [3.63, 3.8) is 0 Å². The minimum atomic E-state index is -0.0280. The molecule has 2 aromatic rings. The molecule has 0 bridgehead atoms. The lowest BCUT2D eigenvalue weighted by atomic mass is 9.84. The molecule has 0 saturated heterocycles. The molecule has 1 aromatic heterocycles. The van der Waals surface area contributed by atoms with Crippen molar-refractivity contribution < 1.29 is 9.47 Å². The molecule has 0 unspecified atom stereocenters. The summed E-state index contributed by atoms with van der Waals surface area (Å²) in [5.41, 5.74) is 7.00. The number of anilines is 1. The number of pyridine rings is 1. The normalized spacial score (nSPS) is 17.3. The Morgan fingerprint density at radius 1 is 1.38 bits per heavy atom. The minimum absolute atomic E-state index is 0.0280. The van der Waals surface area contributed by atoms with E-state index >= 15 is 0 Å². The van der Waals surface area contributed by atoms with Gasteiger partial charge in [-0.25, -0.2) is 4.98 Å². The number of allylic oxidation sites excluding steroid dienone is 2. The van der Waals surface area contributed by atoms with Crippen LogP contribution in [0.5, 0.6) is 11.6 Å². The smallest absolute Gasteiger partial charge is 0.219 e. The van der Waals surface area contributed by atoms with E-state index in [4.69, 9.17) is 9.47 Å². The maximum Gasteiger partial charge on any atom is 0.219 e. The summed E-state index contributed by atoms with van der Waals surface area (Å²) >= 11 is 0. The average molecular weight is 347 g/mol. The fourth-order valence-electron chi connectivity index (χ4n) is 3.80. The summed E-state index contributed by atoms with van der Waals surface area (Å²) in [6, 6.07) is 6.19. The van der Waals surface area contributed by atoms with Crippen LogP contribution in [0.1, 0.15) is 47.6 Å². The molecule has 0 saturated carbocycles. The average Bonchev–Trinajstić information content (AvgIpc) is 3.13. The molecule has 2 aliphatic rings. The van der Waals surface area contributed by atoms with Crippen LogP contribution in [0.2, 0.25) is 0 Å². The molecular formula is C21H21N3O2. The summed E-state index contributed by atoms with van der Waals surface area (Å²) in [4.78, 5) is 4.52. The third kappa shape index (κ3) is 2.50. The number of nitrogens with zero attached hydrogens (tertiary/aromatic N) is 2. The molecule has 5 nitrogen and oxygen atoms in total. The first-order valence-electron chi connectivity index (χ1n) is 8.90. The van der Waals surface area contributed by atoms with E-state index < -0.39 is 0 Å². The molecule has 1 N–H and O–H groups in total. The Bertz CT molecular complexity index is 957. The number of ether oxygens (including phenoxy) is 2. The van der Waals surface area contributed by atoms with Crippen LogP contribution >= 0.6 is 0 Å². The number of benzene rings is 1. The molecule has 1 aromatic carbocycles. The first-order valence-corrected chi connectivity index (χ1v) is 8.90. The zero-order valence-corrected chi connectivity index (χ0v) is 15.2. The van der Waals surface area contributed by atoms with Crippen LogP contribution in [-0.4, -0.2) is 18.2 Å². The Morgan fingerprint density at radius 3 is 3.00 bits per heavy atom. The SMILES string of the molecule is CCOc1ncc(C)c2c1[C@@H](c1ccc(C#N)c3c1OCC3)C=C(C)N2. The van der Waals surface area contributed by atoms with Gasteiger partial charge in [0.25, 0.3) is 0 Å². The highest BCUT2D eigenvalue weighted by molar-refractivity contribution is 5.71. The van der Waals surface area contributed by atoms with Gasteiger partial charge in [-0.05, 0) is 32.4 Å². The maximum atomic E-state index is 9.40. The fourth-order valence-corrected chi connectivity index (χ4v) is 3.80. The molecule has 0 spiro atoms. The van der Waals surface area contributed by atoms with Gasteiger partial charge in [-0.3, -0.25) is 0 Å². The summed E-state index contributed by atoms with van der Waals surface area (Å²) in [6.45, 7) is 7.24. The standard InChI is InChI=1S/C21H21N3O2/c1-4-25-21-18-17(9-13(3)24-19(18)12(2)11-23-21)16-6-5-14(10-22)15-7-8-26-20(15)16/h5-6,9,11,17,24H,4,7-8H2,1-3H3/t17-/m1/s1. The van der Waals surface area contributed by atoms with E-state index in [1.54, 1.807) is 0 Å².